The van der Waals surface area contributed by atoms with Crippen molar-refractivity contribution >= 4 is 11.6 Å². The minimum atomic E-state index is -4.40. The normalized spacial score (nSPS) is 12.8. The lowest BCUT2D eigenvalue weighted by Crippen LogP contribution is -2.30. The zero-order chi connectivity index (χ0) is 18.6. The molecular formula is C19H20F3NO2. The van der Waals surface area contributed by atoms with Crippen molar-refractivity contribution in [1.29, 1.82) is 0 Å². The molecule has 1 N–H and O–H groups in total. The van der Waals surface area contributed by atoms with Gasteiger partial charge in [0.25, 0.3) is 5.91 Å². The van der Waals surface area contributed by atoms with Crippen molar-refractivity contribution in [3.8, 4) is 5.75 Å². The van der Waals surface area contributed by atoms with E-state index in [9.17, 15) is 18.0 Å². The Hall–Kier alpha value is -2.50. The van der Waals surface area contributed by atoms with Gasteiger partial charge in [-0.1, -0.05) is 32.0 Å². The van der Waals surface area contributed by atoms with Crippen LogP contribution in [0.2, 0.25) is 0 Å². The van der Waals surface area contributed by atoms with Gasteiger partial charge in [-0.2, -0.15) is 13.2 Å². The first-order chi connectivity index (χ1) is 11.7. The molecule has 1 atom stereocenters. The van der Waals surface area contributed by atoms with Gasteiger partial charge in [0.05, 0.1) is 5.56 Å². The van der Waals surface area contributed by atoms with Crippen LogP contribution in [0.4, 0.5) is 18.9 Å². The number of para-hydroxylation sites is 1. The molecule has 0 aliphatic heterocycles. The minimum Gasteiger partial charge on any atom is -0.481 e. The van der Waals surface area contributed by atoms with Gasteiger partial charge in [-0.3, -0.25) is 4.79 Å². The van der Waals surface area contributed by atoms with Crippen LogP contribution in [-0.4, -0.2) is 12.0 Å². The largest absolute Gasteiger partial charge is 0.481 e. The predicted molar refractivity (Wildman–Crippen MR) is 90.7 cm³/mol. The fourth-order valence-electron chi connectivity index (χ4n) is 2.30. The topological polar surface area (TPSA) is 38.3 Å². The van der Waals surface area contributed by atoms with Crippen LogP contribution in [0.1, 0.15) is 37.8 Å². The molecule has 2 aromatic rings. The van der Waals surface area contributed by atoms with Gasteiger partial charge in [0, 0.05) is 5.69 Å². The van der Waals surface area contributed by atoms with Crippen molar-refractivity contribution in [1.82, 2.24) is 0 Å². The summed E-state index contributed by atoms with van der Waals surface area (Å²) < 4.78 is 43.4. The summed E-state index contributed by atoms with van der Waals surface area (Å²) in [5.41, 5.74) is 0.503. The molecule has 0 heterocycles. The van der Waals surface area contributed by atoms with Gasteiger partial charge in [0.1, 0.15) is 5.75 Å². The van der Waals surface area contributed by atoms with Crippen LogP contribution < -0.4 is 10.1 Å². The second-order valence-corrected chi connectivity index (χ2v) is 6.02. The Balaban J connectivity index is 2.04. The third kappa shape index (κ3) is 4.98. The Morgan fingerprint density at radius 3 is 2.16 bits per heavy atom. The highest BCUT2D eigenvalue weighted by molar-refractivity contribution is 5.94. The van der Waals surface area contributed by atoms with Gasteiger partial charge >= 0.3 is 6.18 Å². The van der Waals surface area contributed by atoms with Gasteiger partial charge in [-0.15, -0.1) is 0 Å². The standard InChI is InChI=1S/C19H20F3NO2/c1-12(2)16-6-4-5-7-17(16)25-13(3)18(24)23-15-10-8-14(9-11-15)19(20,21)22/h4-13H,1-3H3,(H,23,24)/t13-/m1/s1. The van der Waals surface area contributed by atoms with Crippen molar-refractivity contribution in [2.24, 2.45) is 0 Å². The zero-order valence-corrected chi connectivity index (χ0v) is 14.2. The molecule has 2 rings (SSSR count). The smallest absolute Gasteiger partial charge is 0.416 e. The summed E-state index contributed by atoms with van der Waals surface area (Å²) in [6, 6.07) is 11.7. The molecule has 3 nitrogen and oxygen atoms in total. The molecule has 0 aliphatic rings. The highest BCUT2D eigenvalue weighted by Gasteiger charge is 2.30. The first-order valence-corrected chi connectivity index (χ1v) is 7.92. The fraction of sp³-hybridized carbons (Fsp3) is 0.316. The lowest BCUT2D eigenvalue weighted by Gasteiger charge is -2.18. The lowest BCUT2D eigenvalue weighted by molar-refractivity contribution is -0.137. The van der Waals surface area contributed by atoms with Gasteiger partial charge in [0.15, 0.2) is 6.10 Å². The van der Waals surface area contributed by atoms with Crippen LogP contribution in [0.25, 0.3) is 0 Å². The van der Waals surface area contributed by atoms with Crippen molar-refractivity contribution in [3.05, 3.63) is 59.7 Å². The van der Waals surface area contributed by atoms with E-state index in [1.165, 1.54) is 12.1 Å². The molecule has 1 amide bonds. The lowest BCUT2D eigenvalue weighted by atomic mass is 10.0. The molecule has 0 fully saturated rings. The van der Waals surface area contributed by atoms with Crippen molar-refractivity contribution in [2.45, 2.75) is 39.0 Å². The SMILES string of the molecule is CC(C)c1ccccc1O[C@H](C)C(=O)Nc1ccc(C(F)(F)F)cc1. The molecule has 0 bridgehead atoms. The maximum Gasteiger partial charge on any atom is 0.416 e. The average molecular weight is 351 g/mol. The average Bonchev–Trinajstić information content (AvgIpc) is 2.54. The van der Waals surface area contributed by atoms with Crippen LogP contribution in [0, 0.1) is 0 Å². The number of carbonyl (C=O) groups is 1. The number of hydrogen-bond acceptors (Lipinski definition) is 2. The van der Waals surface area contributed by atoms with Gasteiger partial charge in [-0.25, -0.2) is 0 Å². The van der Waals surface area contributed by atoms with Gasteiger partial charge in [-0.05, 0) is 48.7 Å². The molecular weight excluding hydrogens is 331 g/mol. The van der Waals surface area contributed by atoms with E-state index >= 15 is 0 Å². The molecule has 25 heavy (non-hydrogen) atoms. The molecule has 0 unspecified atom stereocenters. The van der Waals surface area contributed by atoms with E-state index in [0.717, 1.165) is 17.7 Å². The monoisotopic (exact) mass is 351 g/mol. The molecule has 134 valence electrons. The Kier molecular flexibility index (Phi) is 5.72. The van der Waals surface area contributed by atoms with Crippen molar-refractivity contribution in [2.75, 3.05) is 5.32 Å². The summed E-state index contributed by atoms with van der Waals surface area (Å²) in [6.07, 6.45) is -5.19. The second-order valence-electron chi connectivity index (χ2n) is 6.02. The maximum atomic E-state index is 12.5. The molecule has 0 saturated heterocycles. The van der Waals surface area contributed by atoms with Crippen LogP contribution in [0.5, 0.6) is 5.75 Å². The Bertz CT molecular complexity index is 724. The number of amides is 1. The van der Waals surface area contributed by atoms with Crippen LogP contribution in [0.3, 0.4) is 0 Å². The van der Waals surface area contributed by atoms with E-state index in [0.29, 0.717) is 5.75 Å². The summed E-state index contributed by atoms with van der Waals surface area (Å²) in [5.74, 6) is 0.423. The maximum absolute atomic E-state index is 12.5. The number of hydrogen-bond donors (Lipinski definition) is 1. The van der Waals surface area contributed by atoms with Crippen LogP contribution in [-0.2, 0) is 11.0 Å². The third-order valence-electron chi connectivity index (χ3n) is 3.69. The molecule has 0 saturated carbocycles. The number of nitrogens with one attached hydrogen (secondary N) is 1. The minimum absolute atomic E-state index is 0.237. The number of rotatable bonds is 5. The van der Waals surface area contributed by atoms with Crippen molar-refractivity contribution < 1.29 is 22.7 Å². The van der Waals surface area contributed by atoms with E-state index < -0.39 is 23.8 Å². The summed E-state index contributed by atoms with van der Waals surface area (Å²) in [4.78, 5) is 12.2. The molecule has 2 aromatic carbocycles. The van der Waals surface area contributed by atoms with Gasteiger partial charge < -0.3 is 10.1 Å². The van der Waals surface area contributed by atoms with E-state index in [-0.39, 0.29) is 11.6 Å². The van der Waals surface area contributed by atoms with E-state index in [2.05, 4.69) is 5.32 Å². The van der Waals surface area contributed by atoms with E-state index in [4.69, 9.17) is 4.74 Å². The van der Waals surface area contributed by atoms with Crippen LogP contribution in [0.15, 0.2) is 48.5 Å². The zero-order valence-electron chi connectivity index (χ0n) is 14.2. The van der Waals surface area contributed by atoms with Gasteiger partial charge in [0.2, 0.25) is 0 Å². The number of halogens is 3. The summed E-state index contributed by atoms with van der Waals surface area (Å²) in [7, 11) is 0. The first kappa shape index (κ1) is 18.8. The van der Waals surface area contributed by atoms with E-state index in [1.807, 2.05) is 32.0 Å². The second kappa shape index (κ2) is 7.59. The number of ether oxygens (including phenoxy) is 1. The number of benzene rings is 2. The summed E-state index contributed by atoms with van der Waals surface area (Å²) in [5, 5.41) is 2.56. The summed E-state index contributed by atoms with van der Waals surface area (Å²) in [6.45, 7) is 5.64. The fourth-order valence-corrected chi connectivity index (χ4v) is 2.30. The molecule has 0 aliphatic carbocycles. The highest BCUT2D eigenvalue weighted by Crippen LogP contribution is 2.30. The quantitative estimate of drug-likeness (QED) is 0.800. The summed E-state index contributed by atoms with van der Waals surface area (Å²) >= 11 is 0. The third-order valence-corrected chi connectivity index (χ3v) is 3.69. The van der Waals surface area contributed by atoms with Crippen molar-refractivity contribution in [3.63, 3.8) is 0 Å². The number of anilines is 1. The Labute approximate surface area is 144 Å². The van der Waals surface area contributed by atoms with Crippen LogP contribution >= 0.6 is 0 Å². The number of alkyl halides is 3. The molecule has 0 spiro atoms. The molecule has 0 radical (unpaired) electrons. The Morgan fingerprint density at radius 2 is 1.60 bits per heavy atom. The first-order valence-electron chi connectivity index (χ1n) is 7.92. The predicted octanol–water partition coefficient (Wildman–Crippen LogP) is 5.23. The number of carbonyl (C=O) groups excluding carboxylic acids is 1. The van der Waals surface area contributed by atoms with E-state index in [1.54, 1.807) is 13.0 Å². The molecule has 0 aromatic heterocycles. The highest BCUT2D eigenvalue weighted by atomic mass is 19.4. The Morgan fingerprint density at radius 1 is 1.00 bits per heavy atom. The molecule has 6 heteroatoms.